The Morgan fingerprint density at radius 2 is 1.52 bits per heavy atom. The van der Waals surface area contributed by atoms with Gasteiger partial charge in [0.2, 0.25) is 17.8 Å². The number of carbonyl (C=O) groups excluding carboxylic acids is 3. The normalized spacial score (nSPS) is 19.6. The van der Waals surface area contributed by atoms with Crippen LogP contribution in [-0.2, 0) is 28.3 Å². The highest BCUT2D eigenvalue weighted by Gasteiger charge is 2.45. The molecule has 0 unspecified atom stereocenters. The average molecular weight is 1110 g/mol. The van der Waals surface area contributed by atoms with Crippen LogP contribution in [0.25, 0.3) is 27.3 Å². The van der Waals surface area contributed by atoms with Gasteiger partial charge in [-0.2, -0.15) is 4.98 Å². The van der Waals surface area contributed by atoms with Crippen molar-refractivity contribution in [3.8, 4) is 16.3 Å². The minimum absolute atomic E-state index is 0.0232. The second-order valence-electron chi connectivity index (χ2n) is 23.4. The SMILES string of the molecule is C=CCn1c(=O)c2cnc(Nc3ccc(N4CCN(C5CCN(C6CCN(C(=O)N[C@H](C(=O)N7C[C@H](O)C[C@H]7C(=O)NCc7ccc(-c8scnc8C)cc7)C(C)(C)C)CC6)CC5)CC4)cc3)nc2n1-c1cccc(C(C)(C)O)n1. The highest BCUT2D eigenvalue weighted by molar-refractivity contribution is 7.13. The lowest BCUT2D eigenvalue weighted by Gasteiger charge is -2.46. The van der Waals surface area contributed by atoms with Gasteiger partial charge in [-0.05, 0) is 112 Å². The van der Waals surface area contributed by atoms with Crippen LogP contribution in [0.2, 0.25) is 0 Å². The van der Waals surface area contributed by atoms with E-state index < -0.39 is 29.2 Å². The predicted octanol–water partition coefficient (Wildman–Crippen LogP) is 6.02. The first-order valence-electron chi connectivity index (χ1n) is 28.0. The molecule has 4 aliphatic rings. The van der Waals surface area contributed by atoms with Crippen LogP contribution in [0, 0.1) is 12.3 Å². The van der Waals surface area contributed by atoms with E-state index in [1.54, 1.807) is 54.1 Å². The Morgan fingerprint density at radius 3 is 2.16 bits per heavy atom. The number of amides is 4. The topological polar surface area (TPSA) is 222 Å². The number of hydrogen-bond acceptors (Lipinski definition) is 15. The van der Waals surface area contributed by atoms with Gasteiger partial charge in [-0.15, -0.1) is 17.9 Å². The Hall–Kier alpha value is -7.04. The van der Waals surface area contributed by atoms with Crippen molar-refractivity contribution >= 4 is 57.5 Å². The number of rotatable bonds is 15. The molecule has 4 amide bonds. The van der Waals surface area contributed by atoms with Gasteiger partial charge in [0.15, 0.2) is 11.5 Å². The van der Waals surface area contributed by atoms with Gasteiger partial charge in [0.05, 0.1) is 34.4 Å². The van der Waals surface area contributed by atoms with E-state index in [9.17, 15) is 29.4 Å². The maximum absolute atomic E-state index is 14.3. The maximum atomic E-state index is 14.3. The molecule has 0 bridgehead atoms. The fourth-order valence-electron chi connectivity index (χ4n) is 11.8. The van der Waals surface area contributed by atoms with Crippen molar-refractivity contribution in [2.24, 2.45) is 5.41 Å². The number of β-amino-alcohol motifs (C(OH)–C–C–N with tert-alkyl or cyclic N) is 1. The maximum Gasteiger partial charge on any atom is 0.318 e. The summed E-state index contributed by atoms with van der Waals surface area (Å²) in [6, 6.07) is 20.4. The number of allylic oxidation sites excluding steroid dienone is 1. The zero-order valence-corrected chi connectivity index (χ0v) is 47.7. The van der Waals surface area contributed by atoms with Crippen molar-refractivity contribution in [3.05, 3.63) is 118 Å². The molecule has 3 atom stereocenters. The Balaban J connectivity index is 0.670. The third kappa shape index (κ3) is 12.3. The highest BCUT2D eigenvalue weighted by Crippen LogP contribution is 2.31. The standard InChI is InChI=1S/C59H76N14O6S/c1-8-24-72-54(76)46-35-61-56(66-52(46)73(72)49-11-9-10-48(64-49)59(6,7)79)63-41-16-18-42(19-17-41)68-29-31-69(32-30-68)44-20-25-67(26-21-44)43-22-27-70(28-23-43)57(78)65-51(58(3,4)5)55(77)71-36-45(74)33-47(71)53(75)60-34-39-12-14-40(15-13-39)50-38(2)62-37-80-50/h8-19,35,37,43-45,47,51,74,79H,1,20-34,36H2,2-7H3,(H,60,75)(H,65,78)(H,61,63,66)/t45-,47+,51-/m1/s1. The number of nitrogens with zero attached hydrogens (tertiary/aromatic N) is 11. The van der Waals surface area contributed by atoms with Gasteiger partial charge in [-0.1, -0.05) is 57.2 Å². The van der Waals surface area contributed by atoms with Crippen molar-refractivity contribution in [3.63, 3.8) is 0 Å². The molecule has 20 nitrogen and oxygen atoms in total. The molecular weight excluding hydrogens is 1030 g/mol. The summed E-state index contributed by atoms with van der Waals surface area (Å²) in [7, 11) is 0. The summed E-state index contributed by atoms with van der Waals surface area (Å²) in [6.45, 7) is 22.5. The quantitative estimate of drug-likeness (QED) is 0.0743. The summed E-state index contributed by atoms with van der Waals surface area (Å²) in [4.78, 5) is 85.8. The van der Waals surface area contributed by atoms with Gasteiger partial charge < -0.3 is 45.8 Å². The number of benzene rings is 2. The number of piperazine rings is 1. The van der Waals surface area contributed by atoms with Crippen molar-refractivity contribution in [2.75, 3.05) is 69.1 Å². The number of piperidine rings is 2. The van der Waals surface area contributed by atoms with E-state index in [2.05, 4.69) is 64.3 Å². The first kappa shape index (κ1) is 56.2. The molecular formula is C59H76N14O6S. The van der Waals surface area contributed by atoms with Gasteiger partial charge in [-0.25, -0.2) is 29.1 Å². The van der Waals surface area contributed by atoms with Crippen LogP contribution in [0.5, 0.6) is 0 Å². The molecule has 2 aromatic carbocycles. The van der Waals surface area contributed by atoms with E-state index in [-0.39, 0.29) is 49.5 Å². The summed E-state index contributed by atoms with van der Waals surface area (Å²) < 4.78 is 3.16. The van der Waals surface area contributed by atoms with Gasteiger partial charge in [0, 0.05) is 88.4 Å². The number of hydrogen-bond donors (Lipinski definition) is 5. The average Bonchev–Trinajstić information content (AvgIpc) is 4.16. The Labute approximate surface area is 471 Å². The largest absolute Gasteiger partial charge is 0.391 e. The molecule has 0 aliphatic carbocycles. The molecule has 4 aliphatic heterocycles. The molecule has 4 fully saturated rings. The van der Waals surface area contributed by atoms with E-state index in [1.165, 1.54) is 15.8 Å². The molecule has 0 saturated carbocycles. The second-order valence-corrected chi connectivity index (χ2v) is 24.2. The van der Waals surface area contributed by atoms with Crippen molar-refractivity contribution in [2.45, 2.75) is 123 Å². The Kier molecular flexibility index (Phi) is 16.6. The number of anilines is 3. The van der Waals surface area contributed by atoms with E-state index >= 15 is 0 Å². The third-order valence-corrected chi connectivity index (χ3v) is 17.3. The Morgan fingerprint density at radius 1 is 0.850 bits per heavy atom. The number of urea groups is 1. The van der Waals surface area contributed by atoms with Crippen LogP contribution < -0.4 is 26.4 Å². The molecule has 4 aromatic heterocycles. The van der Waals surface area contributed by atoms with Crippen LogP contribution in [0.3, 0.4) is 0 Å². The summed E-state index contributed by atoms with van der Waals surface area (Å²) in [5.41, 5.74) is 5.48. The highest BCUT2D eigenvalue weighted by atomic mass is 32.1. The number of thiazole rings is 1. The zero-order chi connectivity index (χ0) is 56.5. The smallest absolute Gasteiger partial charge is 0.318 e. The van der Waals surface area contributed by atoms with Crippen LogP contribution in [0.1, 0.15) is 83.7 Å². The third-order valence-electron chi connectivity index (χ3n) is 16.3. The molecule has 4 saturated heterocycles. The first-order chi connectivity index (χ1) is 38.3. The van der Waals surface area contributed by atoms with Crippen LogP contribution in [0.15, 0.2) is 95.9 Å². The number of aliphatic hydroxyl groups excluding tert-OH is 1. The molecule has 0 spiro atoms. The molecule has 6 aromatic rings. The minimum Gasteiger partial charge on any atom is -0.391 e. The molecule has 10 rings (SSSR count). The summed E-state index contributed by atoms with van der Waals surface area (Å²) in [5, 5.41) is 31.1. The first-order valence-corrected chi connectivity index (χ1v) is 28.9. The van der Waals surface area contributed by atoms with Crippen LogP contribution in [-0.4, -0.2) is 166 Å². The van der Waals surface area contributed by atoms with Gasteiger partial charge in [0.1, 0.15) is 23.1 Å². The number of nitrogens with one attached hydrogen (secondary N) is 3. The van der Waals surface area contributed by atoms with E-state index in [1.807, 2.05) is 74.5 Å². The number of aryl methyl sites for hydroxylation is 1. The molecule has 21 heteroatoms. The van der Waals surface area contributed by atoms with Crippen LogP contribution >= 0.6 is 11.3 Å². The molecule has 5 N–H and O–H groups in total. The van der Waals surface area contributed by atoms with Gasteiger partial charge >= 0.3 is 6.03 Å². The number of likely N-dealkylation sites (tertiary alicyclic amines) is 3. The predicted molar refractivity (Wildman–Crippen MR) is 311 cm³/mol. The van der Waals surface area contributed by atoms with Crippen molar-refractivity contribution in [1.82, 2.24) is 59.5 Å². The molecule has 80 heavy (non-hydrogen) atoms. The number of carbonyl (C=O) groups is 3. The fourth-order valence-corrected chi connectivity index (χ4v) is 12.6. The fraction of sp³-hybridized carbons (Fsp3) is 0.492. The van der Waals surface area contributed by atoms with E-state index in [0.29, 0.717) is 53.7 Å². The lowest BCUT2D eigenvalue weighted by Crippen LogP contribution is -2.60. The summed E-state index contributed by atoms with van der Waals surface area (Å²) in [6.07, 6.45) is 6.38. The summed E-state index contributed by atoms with van der Waals surface area (Å²) in [5.74, 6) is 0.0746. The lowest BCUT2D eigenvalue weighted by molar-refractivity contribution is -0.142. The zero-order valence-electron chi connectivity index (χ0n) is 46.8. The lowest BCUT2D eigenvalue weighted by atomic mass is 9.85. The molecule has 424 valence electrons. The molecule has 0 radical (unpaired) electrons. The van der Waals surface area contributed by atoms with Crippen molar-refractivity contribution in [1.29, 1.82) is 0 Å². The molecule has 8 heterocycles. The van der Waals surface area contributed by atoms with Gasteiger partial charge in [-0.3, -0.25) is 19.3 Å². The summed E-state index contributed by atoms with van der Waals surface area (Å²) >= 11 is 1.59. The number of aromatic nitrogens is 6. The second kappa shape index (κ2) is 23.6. The van der Waals surface area contributed by atoms with Gasteiger partial charge in [0.25, 0.3) is 5.56 Å². The number of fused-ring (bicyclic) bond motifs is 1. The number of aliphatic hydroxyl groups is 2. The number of pyridine rings is 1. The van der Waals surface area contributed by atoms with E-state index in [4.69, 9.17) is 4.98 Å². The van der Waals surface area contributed by atoms with Crippen LogP contribution in [0.4, 0.5) is 22.1 Å². The van der Waals surface area contributed by atoms with Crippen molar-refractivity contribution < 1.29 is 24.6 Å². The minimum atomic E-state index is -1.18. The Bertz CT molecular complexity index is 3230. The van der Waals surface area contributed by atoms with E-state index in [0.717, 1.165) is 98.0 Å². The monoisotopic (exact) mass is 1110 g/mol.